The van der Waals surface area contributed by atoms with Gasteiger partial charge in [0, 0.05) is 19.3 Å². The van der Waals surface area contributed by atoms with Gasteiger partial charge in [0.05, 0.1) is 0 Å². The molecule has 0 saturated heterocycles. The van der Waals surface area contributed by atoms with Gasteiger partial charge in [0.15, 0.2) is 6.10 Å². The highest BCUT2D eigenvalue weighted by atomic mass is 16.6. The van der Waals surface area contributed by atoms with Crippen molar-refractivity contribution in [2.75, 3.05) is 13.2 Å². The Hall–Kier alpha value is -3.41. The fourth-order valence-corrected chi connectivity index (χ4v) is 6.45. The number of ether oxygens (including phenoxy) is 3. The third kappa shape index (κ3) is 45.7. The second-order valence-corrected chi connectivity index (χ2v) is 16.0. The lowest BCUT2D eigenvalue weighted by atomic mass is 10.1. The SMILES string of the molecule is CC/C=C\C/C=C\C/C=C\C/C=C\CCCCCCCCC(=O)OCC(COC(=O)CCCCCCC/C=C\CCCC)OC(=O)CCCCCCC/C=C\C/C=C\CC. The summed E-state index contributed by atoms with van der Waals surface area (Å²) in [6, 6.07) is 0. The highest BCUT2D eigenvalue weighted by molar-refractivity contribution is 5.71. The molecular formula is C54H90O6. The van der Waals surface area contributed by atoms with Crippen LogP contribution in [0.4, 0.5) is 0 Å². The standard InChI is InChI=1S/C54H90O6/c1-4-7-10-13-16-19-22-24-25-26-27-28-29-30-33-35-38-41-44-47-53(56)59-50-51(49-58-52(55)46-43-40-37-34-31-21-18-15-12-9-6-3)60-54(57)48-45-42-39-36-32-23-20-17-14-11-8-5-2/h7-8,10-11,15-20,24-25,27-28,51H,4-6,9,12-14,21-23,26,29-50H2,1-3H3/b10-7-,11-8-,18-15-,19-16-,20-17-,25-24-,28-27-. The molecule has 0 aliphatic rings. The summed E-state index contributed by atoms with van der Waals surface area (Å²) in [6.45, 7) is 6.33. The fraction of sp³-hybridized carbons (Fsp3) is 0.685. The molecule has 0 N–H and O–H groups in total. The zero-order chi connectivity index (χ0) is 43.7. The Morgan fingerprint density at radius 3 is 1.03 bits per heavy atom. The first-order valence-electron chi connectivity index (χ1n) is 24.6. The summed E-state index contributed by atoms with van der Waals surface area (Å²) in [5.41, 5.74) is 0. The van der Waals surface area contributed by atoms with Gasteiger partial charge in [0.2, 0.25) is 0 Å². The summed E-state index contributed by atoms with van der Waals surface area (Å²) in [5.74, 6) is -0.935. The van der Waals surface area contributed by atoms with E-state index >= 15 is 0 Å². The van der Waals surface area contributed by atoms with Crippen molar-refractivity contribution in [3.63, 3.8) is 0 Å². The molecule has 0 saturated carbocycles. The van der Waals surface area contributed by atoms with E-state index in [0.717, 1.165) is 135 Å². The van der Waals surface area contributed by atoms with E-state index in [4.69, 9.17) is 14.2 Å². The maximum atomic E-state index is 12.7. The monoisotopic (exact) mass is 835 g/mol. The summed E-state index contributed by atoms with van der Waals surface area (Å²) < 4.78 is 16.7. The van der Waals surface area contributed by atoms with E-state index in [1.54, 1.807) is 0 Å². The van der Waals surface area contributed by atoms with Crippen LogP contribution in [0.2, 0.25) is 0 Å². The number of hydrogen-bond acceptors (Lipinski definition) is 6. The van der Waals surface area contributed by atoms with Gasteiger partial charge >= 0.3 is 17.9 Å². The first kappa shape index (κ1) is 56.6. The molecule has 0 fully saturated rings. The molecule has 0 amide bonds. The van der Waals surface area contributed by atoms with Crippen molar-refractivity contribution in [2.24, 2.45) is 0 Å². The molecule has 1 unspecified atom stereocenters. The molecule has 0 radical (unpaired) electrons. The van der Waals surface area contributed by atoms with Gasteiger partial charge in [0.25, 0.3) is 0 Å². The van der Waals surface area contributed by atoms with E-state index in [0.29, 0.717) is 19.3 Å². The predicted octanol–water partition coefficient (Wildman–Crippen LogP) is 16.0. The molecule has 0 spiro atoms. The average molecular weight is 835 g/mol. The Bertz CT molecular complexity index is 1190. The van der Waals surface area contributed by atoms with Crippen LogP contribution in [-0.4, -0.2) is 37.2 Å². The van der Waals surface area contributed by atoms with Gasteiger partial charge in [-0.25, -0.2) is 0 Å². The summed E-state index contributed by atoms with van der Waals surface area (Å²) in [6.07, 6.45) is 61.4. The Balaban J connectivity index is 4.39. The van der Waals surface area contributed by atoms with E-state index in [1.165, 1.54) is 44.9 Å². The molecule has 60 heavy (non-hydrogen) atoms. The average Bonchev–Trinajstić information content (AvgIpc) is 3.24. The minimum Gasteiger partial charge on any atom is -0.462 e. The Labute approximate surface area is 369 Å². The van der Waals surface area contributed by atoms with Crippen LogP contribution in [0.3, 0.4) is 0 Å². The number of unbranched alkanes of at least 4 members (excludes halogenated alkanes) is 18. The van der Waals surface area contributed by atoms with Crippen LogP contribution in [0.1, 0.15) is 220 Å². The van der Waals surface area contributed by atoms with E-state index in [9.17, 15) is 14.4 Å². The first-order valence-corrected chi connectivity index (χ1v) is 24.6. The predicted molar refractivity (Wildman–Crippen MR) is 256 cm³/mol. The second kappa shape index (κ2) is 48.3. The van der Waals surface area contributed by atoms with E-state index < -0.39 is 6.10 Å². The van der Waals surface area contributed by atoms with Crippen LogP contribution >= 0.6 is 0 Å². The Kier molecular flexibility index (Phi) is 45.5. The number of rotatable bonds is 43. The molecule has 0 aromatic heterocycles. The number of allylic oxidation sites excluding steroid dienone is 14. The van der Waals surface area contributed by atoms with Crippen molar-refractivity contribution in [3.05, 3.63) is 85.1 Å². The molecule has 0 aliphatic heterocycles. The van der Waals surface area contributed by atoms with Crippen molar-refractivity contribution in [1.82, 2.24) is 0 Å². The molecule has 6 heteroatoms. The van der Waals surface area contributed by atoms with Gasteiger partial charge in [-0.05, 0) is 103 Å². The minimum absolute atomic E-state index is 0.0924. The Morgan fingerprint density at radius 2 is 0.650 bits per heavy atom. The van der Waals surface area contributed by atoms with Crippen molar-refractivity contribution < 1.29 is 28.6 Å². The summed E-state index contributed by atoms with van der Waals surface area (Å²) >= 11 is 0. The smallest absolute Gasteiger partial charge is 0.306 e. The molecule has 0 aliphatic carbocycles. The van der Waals surface area contributed by atoms with Gasteiger partial charge in [0.1, 0.15) is 13.2 Å². The normalized spacial score (nSPS) is 12.8. The molecule has 1 atom stereocenters. The van der Waals surface area contributed by atoms with Crippen molar-refractivity contribution in [3.8, 4) is 0 Å². The van der Waals surface area contributed by atoms with E-state index in [-0.39, 0.29) is 31.1 Å². The first-order chi connectivity index (χ1) is 29.5. The van der Waals surface area contributed by atoms with Crippen LogP contribution in [0, 0.1) is 0 Å². The lowest BCUT2D eigenvalue weighted by molar-refractivity contribution is -0.167. The van der Waals surface area contributed by atoms with E-state index in [2.05, 4.69) is 106 Å². The highest BCUT2D eigenvalue weighted by Crippen LogP contribution is 2.13. The lowest BCUT2D eigenvalue weighted by Gasteiger charge is -2.18. The molecule has 0 rings (SSSR count). The number of carbonyl (C=O) groups is 3. The number of carbonyl (C=O) groups excluding carboxylic acids is 3. The summed E-state index contributed by atoms with van der Waals surface area (Å²) in [7, 11) is 0. The summed E-state index contributed by atoms with van der Waals surface area (Å²) in [4.78, 5) is 37.8. The number of hydrogen-bond donors (Lipinski definition) is 0. The highest BCUT2D eigenvalue weighted by Gasteiger charge is 2.19. The van der Waals surface area contributed by atoms with Gasteiger partial charge in [-0.3, -0.25) is 14.4 Å². The molecular weight excluding hydrogens is 745 g/mol. The van der Waals surface area contributed by atoms with Gasteiger partial charge in [-0.15, -0.1) is 0 Å². The Morgan fingerprint density at radius 1 is 0.350 bits per heavy atom. The maximum Gasteiger partial charge on any atom is 0.306 e. The van der Waals surface area contributed by atoms with Crippen LogP contribution in [0.5, 0.6) is 0 Å². The largest absolute Gasteiger partial charge is 0.462 e. The van der Waals surface area contributed by atoms with Crippen molar-refractivity contribution in [1.29, 1.82) is 0 Å². The third-order valence-corrected chi connectivity index (χ3v) is 10.1. The van der Waals surface area contributed by atoms with Crippen LogP contribution in [0.25, 0.3) is 0 Å². The van der Waals surface area contributed by atoms with Gasteiger partial charge < -0.3 is 14.2 Å². The van der Waals surface area contributed by atoms with Crippen molar-refractivity contribution >= 4 is 17.9 Å². The second-order valence-electron chi connectivity index (χ2n) is 16.0. The van der Waals surface area contributed by atoms with Gasteiger partial charge in [-0.1, -0.05) is 183 Å². The zero-order valence-electron chi connectivity index (χ0n) is 38.9. The molecule has 0 aromatic carbocycles. The molecule has 0 heterocycles. The summed E-state index contributed by atoms with van der Waals surface area (Å²) in [5, 5.41) is 0. The lowest BCUT2D eigenvalue weighted by Crippen LogP contribution is -2.30. The quantitative estimate of drug-likeness (QED) is 0.0263. The molecule has 342 valence electrons. The van der Waals surface area contributed by atoms with Crippen LogP contribution in [0.15, 0.2) is 85.1 Å². The fourth-order valence-electron chi connectivity index (χ4n) is 6.45. The number of esters is 3. The maximum absolute atomic E-state index is 12.7. The zero-order valence-corrected chi connectivity index (χ0v) is 38.9. The van der Waals surface area contributed by atoms with Crippen LogP contribution < -0.4 is 0 Å². The van der Waals surface area contributed by atoms with Gasteiger partial charge in [-0.2, -0.15) is 0 Å². The van der Waals surface area contributed by atoms with E-state index in [1.807, 2.05) is 0 Å². The topological polar surface area (TPSA) is 78.9 Å². The van der Waals surface area contributed by atoms with Crippen LogP contribution in [-0.2, 0) is 28.6 Å². The third-order valence-electron chi connectivity index (χ3n) is 10.1. The molecule has 0 aromatic rings. The minimum atomic E-state index is -0.792. The molecule has 0 bridgehead atoms. The van der Waals surface area contributed by atoms with Crippen molar-refractivity contribution in [2.45, 2.75) is 226 Å². The molecule has 6 nitrogen and oxygen atoms in total.